The van der Waals surface area contributed by atoms with Gasteiger partial charge in [0.25, 0.3) is 0 Å². The van der Waals surface area contributed by atoms with Crippen LogP contribution in [0.2, 0.25) is 0 Å². The molecule has 0 aromatic carbocycles. The Morgan fingerprint density at radius 3 is 2.56 bits per heavy atom. The first kappa shape index (κ1) is 23.1. The van der Waals surface area contributed by atoms with E-state index < -0.39 is 5.97 Å². The molecule has 1 fully saturated rings. The number of carbonyl (C=O) groups excluding carboxylic acids is 2. The van der Waals surface area contributed by atoms with Crippen LogP contribution >= 0.6 is 0 Å². The van der Waals surface area contributed by atoms with E-state index in [1.807, 2.05) is 6.08 Å². The molecule has 4 heteroatoms. The van der Waals surface area contributed by atoms with Gasteiger partial charge in [-0.25, -0.2) is 0 Å². The molecule has 1 saturated carbocycles. The van der Waals surface area contributed by atoms with Crippen molar-refractivity contribution in [2.24, 2.45) is 11.8 Å². The number of carboxylic acid groups (broad SMARTS) is 1. The molecule has 0 bridgehead atoms. The van der Waals surface area contributed by atoms with Crippen LogP contribution in [0, 0.1) is 23.7 Å². The van der Waals surface area contributed by atoms with Gasteiger partial charge in [0.15, 0.2) is 5.78 Å². The maximum atomic E-state index is 12.1. The zero-order valence-electron chi connectivity index (χ0n) is 16.7. The number of carboxylic acids is 1. The van der Waals surface area contributed by atoms with E-state index in [4.69, 9.17) is 5.11 Å². The van der Waals surface area contributed by atoms with E-state index in [0.717, 1.165) is 25.7 Å². The van der Waals surface area contributed by atoms with E-state index in [2.05, 4.69) is 18.8 Å². The lowest BCUT2D eigenvalue weighted by Crippen LogP contribution is -2.12. The van der Waals surface area contributed by atoms with E-state index in [0.29, 0.717) is 32.1 Å². The van der Waals surface area contributed by atoms with Gasteiger partial charge < -0.3 is 5.11 Å². The largest absolute Gasteiger partial charge is 0.481 e. The SMILES string of the molecule is CCCCCCCC(=O)C=CC1CCC(=O)C1CC#CCCCCC(=O)O. The number of rotatable bonds is 13. The molecule has 0 radical (unpaired) electrons. The highest BCUT2D eigenvalue weighted by atomic mass is 16.4. The molecular weight excluding hydrogens is 340 g/mol. The predicted octanol–water partition coefficient (Wildman–Crippen LogP) is 5.11. The highest BCUT2D eigenvalue weighted by Gasteiger charge is 2.32. The second kappa shape index (κ2) is 14.2. The van der Waals surface area contributed by atoms with Crippen molar-refractivity contribution in [3.8, 4) is 11.8 Å². The first-order chi connectivity index (χ1) is 13.0. The van der Waals surface area contributed by atoms with Crippen molar-refractivity contribution >= 4 is 17.5 Å². The van der Waals surface area contributed by atoms with Crippen molar-refractivity contribution in [2.45, 2.75) is 90.4 Å². The second-order valence-corrected chi connectivity index (χ2v) is 7.42. The Morgan fingerprint density at radius 2 is 1.81 bits per heavy atom. The number of Topliss-reactive ketones (excluding diaryl/α,β-unsaturated/α-hetero) is 1. The van der Waals surface area contributed by atoms with E-state index in [-0.39, 0.29) is 29.8 Å². The molecule has 1 aliphatic rings. The van der Waals surface area contributed by atoms with Gasteiger partial charge >= 0.3 is 5.97 Å². The molecule has 150 valence electrons. The lowest BCUT2D eigenvalue weighted by atomic mass is 9.91. The van der Waals surface area contributed by atoms with Crippen LogP contribution in [-0.4, -0.2) is 22.6 Å². The fraction of sp³-hybridized carbons (Fsp3) is 0.696. The van der Waals surface area contributed by atoms with Gasteiger partial charge in [0.05, 0.1) is 0 Å². The van der Waals surface area contributed by atoms with Crippen LogP contribution in [0.5, 0.6) is 0 Å². The van der Waals surface area contributed by atoms with Crippen LogP contribution in [-0.2, 0) is 14.4 Å². The Bertz CT molecular complexity index is 565. The maximum absolute atomic E-state index is 12.1. The van der Waals surface area contributed by atoms with Gasteiger partial charge in [-0.15, -0.1) is 11.8 Å². The van der Waals surface area contributed by atoms with Gasteiger partial charge in [0.2, 0.25) is 0 Å². The van der Waals surface area contributed by atoms with E-state index in [1.54, 1.807) is 6.08 Å². The minimum atomic E-state index is -0.773. The number of hydrogen-bond donors (Lipinski definition) is 1. The number of carbonyl (C=O) groups is 3. The first-order valence-electron chi connectivity index (χ1n) is 10.5. The summed E-state index contributed by atoms with van der Waals surface area (Å²) >= 11 is 0. The highest BCUT2D eigenvalue weighted by Crippen LogP contribution is 2.32. The highest BCUT2D eigenvalue weighted by molar-refractivity contribution is 5.90. The molecule has 4 nitrogen and oxygen atoms in total. The van der Waals surface area contributed by atoms with Crippen molar-refractivity contribution in [1.29, 1.82) is 0 Å². The van der Waals surface area contributed by atoms with Crippen LogP contribution in [0.25, 0.3) is 0 Å². The number of unbranched alkanes of at least 4 members (excludes halogenated alkanes) is 6. The minimum Gasteiger partial charge on any atom is -0.481 e. The topological polar surface area (TPSA) is 71.4 Å². The number of aliphatic carboxylic acids is 1. The number of hydrogen-bond acceptors (Lipinski definition) is 3. The van der Waals surface area contributed by atoms with E-state index in [9.17, 15) is 14.4 Å². The third kappa shape index (κ3) is 10.8. The Kier molecular flexibility index (Phi) is 12.2. The van der Waals surface area contributed by atoms with Crippen LogP contribution in [0.4, 0.5) is 0 Å². The zero-order valence-corrected chi connectivity index (χ0v) is 16.7. The summed E-state index contributed by atoms with van der Waals surface area (Å²) in [5, 5.41) is 8.59. The van der Waals surface area contributed by atoms with Gasteiger partial charge in [-0.2, -0.15) is 0 Å². The van der Waals surface area contributed by atoms with Gasteiger partial charge in [-0.3, -0.25) is 14.4 Å². The Hall–Kier alpha value is -1.89. The quantitative estimate of drug-likeness (QED) is 0.276. The molecule has 2 atom stereocenters. The summed E-state index contributed by atoms with van der Waals surface area (Å²) in [6, 6.07) is 0. The van der Waals surface area contributed by atoms with Crippen molar-refractivity contribution in [3.63, 3.8) is 0 Å². The van der Waals surface area contributed by atoms with Crippen molar-refractivity contribution < 1.29 is 19.5 Å². The molecule has 0 aliphatic heterocycles. The van der Waals surface area contributed by atoms with Gasteiger partial charge in [-0.05, 0) is 37.7 Å². The molecule has 0 heterocycles. The second-order valence-electron chi connectivity index (χ2n) is 7.42. The summed E-state index contributed by atoms with van der Waals surface area (Å²) in [5.41, 5.74) is 0. The molecule has 0 aromatic rings. The Morgan fingerprint density at radius 1 is 1.07 bits per heavy atom. The van der Waals surface area contributed by atoms with Crippen LogP contribution in [0.15, 0.2) is 12.2 Å². The summed E-state index contributed by atoms with van der Waals surface area (Å²) in [4.78, 5) is 34.5. The third-order valence-electron chi connectivity index (χ3n) is 5.10. The predicted molar refractivity (Wildman–Crippen MR) is 107 cm³/mol. The summed E-state index contributed by atoms with van der Waals surface area (Å²) in [6.07, 6.45) is 14.1. The molecular formula is C23H34O4. The molecule has 0 spiro atoms. The summed E-state index contributed by atoms with van der Waals surface area (Å²) in [5.74, 6) is 5.80. The van der Waals surface area contributed by atoms with Crippen LogP contribution in [0.3, 0.4) is 0 Å². The summed E-state index contributed by atoms with van der Waals surface area (Å²) in [6.45, 7) is 2.18. The zero-order chi connectivity index (χ0) is 19.9. The normalized spacial score (nSPS) is 19.2. The summed E-state index contributed by atoms with van der Waals surface area (Å²) in [7, 11) is 0. The fourth-order valence-electron chi connectivity index (χ4n) is 3.41. The van der Waals surface area contributed by atoms with Crippen LogP contribution in [0.1, 0.15) is 90.4 Å². The fourth-order valence-corrected chi connectivity index (χ4v) is 3.41. The first-order valence-corrected chi connectivity index (χ1v) is 10.5. The molecule has 1 aliphatic carbocycles. The standard InChI is InChI=1S/C23H34O4/c1-2-3-4-6-9-12-20(24)17-15-19-16-18-22(25)21(19)13-10-7-5-8-11-14-23(26)27/h15,17,19,21H,2-6,8-9,11-14,16,18H2,1H3,(H,26,27). The van der Waals surface area contributed by atoms with Crippen molar-refractivity contribution in [1.82, 2.24) is 0 Å². The Labute approximate surface area is 163 Å². The van der Waals surface area contributed by atoms with E-state index >= 15 is 0 Å². The molecule has 2 unspecified atom stereocenters. The smallest absolute Gasteiger partial charge is 0.303 e. The van der Waals surface area contributed by atoms with Gasteiger partial charge in [0.1, 0.15) is 5.78 Å². The van der Waals surface area contributed by atoms with Crippen molar-refractivity contribution in [2.75, 3.05) is 0 Å². The Balaban J connectivity index is 2.32. The molecule has 1 rings (SSSR count). The van der Waals surface area contributed by atoms with Gasteiger partial charge in [-0.1, -0.05) is 38.7 Å². The number of allylic oxidation sites excluding steroid dienone is 2. The molecule has 27 heavy (non-hydrogen) atoms. The average molecular weight is 375 g/mol. The lowest BCUT2D eigenvalue weighted by Gasteiger charge is -2.11. The molecule has 0 amide bonds. The van der Waals surface area contributed by atoms with Crippen LogP contribution < -0.4 is 0 Å². The number of ketones is 2. The van der Waals surface area contributed by atoms with Gasteiger partial charge in [0, 0.05) is 38.0 Å². The average Bonchev–Trinajstić information content (AvgIpc) is 2.98. The molecule has 1 N–H and O–H groups in total. The van der Waals surface area contributed by atoms with E-state index in [1.165, 1.54) is 19.3 Å². The maximum Gasteiger partial charge on any atom is 0.303 e. The molecule has 0 saturated heterocycles. The monoisotopic (exact) mass is 374 g/mol. The molecule has 0 aromatic heterocycles. The minimum absolute atomic E-state index is 0.0925. The lowest BCUT2D eigenvalue weighted by molar-refractivity contribution is -0.137. The third-order valence-corrected chi connectivity index (χ3v) is 5.10. The van der Waals surface area contributed by atoms with Crippen molar-refractivity contribution in [3.05, 3.63) is 12.2 Å². The summed E-state index contributed by atoms with van der Waals surface area (Å²) < 4.78 is 0.